The van der Waals surface area contributed by atoms with Crippen molar-refractivity contribution < 1.29 is 14.6 Å². The molecule has 0 saturated carbocycles. The first-order chi connectivity index (χ1) is 16.4. The molecule has 6 nitrogen and oxygen atoms in total. The molecule has 1 aromatic heterocycles. The van der Waals surface area contributed by atoms with E-state index in [1.807, 2.05) is 48.5 Å². The van der Waals surface area contributed by atoms with Crippen LogP contribution in [0.2, 0.25) is 0 Å². The maximum atomic E-state index is 11.7. The average molecular weight is 492 g/mol. The first-order valence-corrected chi connectivity index (χ1v) is 12.7. The molecule has 0 aliphatic heterocycles. The summed E-state index contributed by atoms with van der Waals surface area (Å²) in [6.07, 6.45) is 2.22. The average Bonchev–Trinajstić information content (AvgIpc) is 3.24. The fourth-order valence-electron chi connectivity index (χ4n) is 3.09. The third kappa shape index (κ3) is 5.63. The Morgan fingerprint density at radius 2 is 1.79 bits per heavy atom. The van der Waals surface area contributed by atoms with Crippen molar-refractivity contribution in [3.63, 3.8) is 0 Å². The Bertz CT molecular complexity index is 1330. The molecule has 174 valence electrons. The van der Waals surface area contributed by atoms with Crippen LogP contribution in [0.5, 0.6) is 11.5 Å². The summed E-state index contributed by atoms with van der Waals surface area (Å²) in [6.45, 7) is 7.35. The topological polar surface area (TPSA) is 77.2 Å². The maximum Gasteiger partial charge on any atom is 0.338 e. The lowest BCUT2D eigenvalue weighted by Gasteiger charge is -2.08. The van der Waals surface area contributed by atoms with Crippen LogP contribution in [-0.4, -0.2) is 31.8 Å². The number of rotatable bonds is 9. The van der Waals surface area contributed by atoms with E-state index < -0.39 is 5.97 Å². The standard InChI is InChI=1S/C26H25N3O3S2/c1-4-5-15-33-24-8-6-7-23(25(24)30)29-27-21-14-13-20(16-22(21)28-29)34-19-11-9-18(10-12-19)32-26(31)17(2)3/h6-14,16,30H,2,4-5,15H2,1,3H3. The largest absolute Gasteiger partial charge is 0.505 e. The number of esters is 1. The molecule has 0 unspecified atom stereocenters. The third-order valence-electron chi connectivity index (χ3n) is 4.92. The second-order valence-corrected chi connectivity index (χ2v) is 9.99. The summed E-state index contributed by atoms with van der Waals surface area (Å²) in [5, 5.41) is 19.9. The molecule has 1 N–H and O–H groups in total. The number of fused-ring (bicyclic) bond motifs is 1. The van der Waals surface area contributed by atoms with Crippen LogP contribution >= 0.6 is 23.5 Å². The number of hydrogen-bond acceptors (Lipinski definition) is 7. The first-order valence-electron chi connectivity index (χ1n) is 10.9. The fourth-order valence-corrected chi connectivity index (χ4v) is 5.01. The number of carbonyl (C=O) groups is 1. The van der Waals surface area contributed by atoms with Crippen LogP contribution in [0.1, 0.15) is 26.7 Å². The van der Waals surface area contributed by atoms with E-state index in [1.54, 1.807) is 42.6 Å². The Labute approximate surface area is 207 Å². The summed E-state index contributed by atoms with van der Waals surface area (Å²) in [6, 6.07) is 18.8. The molecule has 0 aliphatic carbocycles. The second kappa shape index (κ2) is 10.8. The highest BCUT2D eigenvalue weighted by Gasteiger charge is 2.13. The molecule has 0 radical (unpaired) electrons. The van der Waals surface area contributed by atoms with Crippen molar-refractivity contribution in [3.8, 4) is 17.2 Å². The van der Waals surface area contributed by atoms with E-state index in [0.717, 1.165) is 44.3 Å². The number of hydrogen-bond donors (Lipinski definition) is 1. The van der Waals surface area contributed by atoms with Gasteiger partial charge in [-0.05, 0) is 73.7 Å². The molecule has 0 bridgehead atoms. The van der Waals surface area contributed by atoms with Gasteiger partial charge in [-0.1, -0.05) is 37.8 Å². The highest BCUT2D eigenvalue weighted by molar-refractivity contribution is 7.99. The van der Waals surface area contributed by atoms with Crippen LogP contribution < -0.4 is 4.74 Å². The van der Waals surface area contributed by atoms with Crippen molar-refractivity contribution in [2.45, 2.75) is 41.4 Å². The van der Waals surface area contributed by atoms with Gasteiger partial charge in [0.15, 0.2) is 5.75 Å². The molecule has 0 amide bonds. The van der Waals surface area contributed by atoms with Crippen molar-refractivity contribution in [1.29, 1.82) is 0 Å². The summed E-state index contributed by atoms with van der Waals surface area (Å²) in [5.74, 6) is 1.20. The maximum absolute atomic E-state index is 11.7. The lowest BCUT2D eigenvalue weighted by atomic mass is 10.3. The quantitative estimate of drug-likeness (QED) is 0.0923. The predicted octanol–water partition coefficient (Wildman–Crippen LogP) is 6.65. The van der Waals surface area contributed by atoms with Crippen molar-refractivity contribution in [2.75, 3.05) is 5.75 Å². The molecule has 0 aliphatic rings. The van der Waals surface area contributed by atoms with E-state index >= 15 is 0 Å². The van der Waals surface area contributed by atoms with E-state index in [4.69, 9.17) is 4.74 Å². The van der Waals surface area contributed by atoms with E-state index in [2.05, 4.69) is 23.7 Å². The zero-order valence-electron chi connectivity index (χ0n) is 19.0. The Hall–Kier alpha value is -3.23. The first kappa shape index (κ1) is 23.9. The number of aromatic hydroxyl groups is 1. The van der Waals surface area contributed by atoms with Crippen LogP contribution in [0.3, 0.4) is 0 Å². The zero-order chi connectivity index (χ0) is 24.1. The van der Waals surface area contributed by atoms with Gasteiger partial charge in [-0.2, -0.15) is 0 Å². The molecule has 0 fully saturated rings. The van der Waals surface area contributed by atoms with Gasteiger partial charge < -0.3 is 9.84 Å². The molecule has 3 aromatic carbocycles. The van der Waals surface area contributed by atoms with Gasteiger partial charge in [0.05, 0.1) is 4.90 Å². The molecule has 4 rings (SSSR count). The molecule has 34 heavy (non-hydrogen) atoms. The monoisotopic (exact) mass is 491 g/mol. The van der Waals surface area contributed by atoms with E-state index in [0.29, 0.717) is 17.0 Å². The van der Waals surface area contributed by atoms with Crippen molar-refractivity contribution in [1.82, 2.24) is 15.0 Å². The number of nitrogens with zero attached hydrogens (tertiary/aromatic N) is 3. The summed E-state index contributed by atoms with van der Waals surface area (Å²) in [5.41, 5.74) is 2.40. The Balaban J connectivity index is 1.51. The highest BCUT2D eigenvalue weighted by Crippen LogP contribution is 2.35. The smallest absolute Gasteiger partial charge is 0.338 e. The lowest BCUT2D eigenvalue weighted by molar-refractivity contribution is -0.130. The normalized spacial score (nSPS) is 11.0. The Morgan fingerprint density at radius 1 is 1.06 bits per heavy atom. The lowest BCUT2D eigenvalue weighted by Crippen LogP contribution is -2.07. The van der Waals surface area contributed by atoms with Gasteiger partial charge in [-0.3, -0.25) is 0 Å². The van der Waals surface area contributed by atoms with Crippen LogP contribution in [-0.2, 0) is 4.79 Å². The molecular weight excluding hydrogens is 466 g/mol. The van der Waals surface area contributed by atoms with Crippen molar-refractivity contribution in [2.24, 2.45) is 0 Å². The SMILES string of the molecule is C=C(C)C(=O)Oc1ccc(Sc2ccc3nn(-c4cccc(SCCCC)c4O)nc3c2)cc1. The number of benzene rings is 3. The second-order valence-electron chi connectivity index (χ2n) is 7.71. The van der Waals surface area contributed by atoms with Crippen LogP contribution in [0.25, 0.3) is 16.7 Å². The van der Waals surface area contributed by atoms with E-state index in [1.165, 1.54) is 4.80 Å². The van der Waals surface area contributed by atoms with Gasteiger partial charge in [0, 0.05) is 15.4 Å². The molecule has 4 aromatic rings. The number of unbranched alkanes of at least 4 members (excludes halogenated alkanes) is 1. The third-order valence-corrected chi connectivity index (χ3v) is 7.05. The van der Waals surface area contributed by atoms with Crippen LogP contribution in [0.15, 0.2) is 87.5 Å². The summed E-state index contributed by atoms with van der Waals surface area (Å²) < 4.78 is 5.24. The van der Waals surface area contributed by atoms with Crippen LogP contribution in [0.4, 0.5) is 0 Å². The Kier molecular flexibility index (Phi) is 7.59. The van der Waals surface area contributed by atoms with E-state index in [9.17, 15) is 9.90 Å². The minimum atomic E-state index is -0.440. The molecule has 0 spiro atoms. The van der Waals surface area contributed by atoms with Gasteiger partial charge in [-0.25, -0.2) is 4.79 Å². The fraction of sp³-hybridized carbons (Fsp3) is 0.192. The van der Waals surface area contributed by atoms with Crippen molar-refractivity contribution >= 4 is 40.5 Å². The van der Waals surface area contributed by atoms with Gasteiger partial charge in [-0.15, -0.1) is 26.8 Å². The number of para-hydroxylation sites is 1. The number of phenolic OH excluding ortho intramolecular Hbond substituents is 1. The predicted molar refractivity (Wildman–Crippen MR) is 137 cm³/mol. The molecule has 0 atom stereocenters. The molecule has 8 heteroatoms. The van der Waals surface area contributed by atoms with Crippen LogP contribution in [0, 0.1) is 0 Å². The number of carbonyl (C=O) groups excluding carboxylic acids is 1. The van der Waals surface area contributed by atoms with Crippen molar-refractivity contribution in [3.05, 3.63) is 72.8 Å². The minimum absolute atomic E-state index is 0.200. The summed E-state index contributed by atoms with van der Waals surface area (Å²) in [7, 11) is 0. The summed E-state index contributed by atoms with van der Waals surface area (Å²) in [4.78, 5) is 16.0. The summed E-state index contributed by atoms with van der Waals surface area (Å²) >= 11 is 3.21. The number of ether oxygens (including phenoxy) is 1. The molecule has 1 heterocycles. The molecule has 0 saturated heterocycles. The van der Waals surface area contributed by atoms with Gasteiger partial charge >= 0.3 is 5.97 Å². The van der Waals surface area contributed by atoms with Gasteiger partial charge in [0.2, 0.25) is 0 Å². The number of thioether (sulfide) groups is 1. The van der Waals surface area contributed by atoms with Gasteiger partial charge in [0.1, 0.15) is 22.5 Å². The molecular formula is C26H25N3O3S2. The number of phenols is 1. The zero-order valence-corrected chi connectivity index (χ0v) is 20.7. The Morgan fingerprint density at radius 3 is 2.53 bits per heavy atom. The minimum Gasteiger partial charge on any atom is -0.505 e. The highest BCUT2D eigenvalue weighted by atomic mass is 32.2. The number of aromatic nitrogens is 3. The van der Waals surface area contributed by atoms with E-state index in [-0.39, 0.29) is 5.75 Å². The van der Waals surface area contributed by atoms with Gasteiger partial charge in [0.25, 0.3) is 0 Å².